The molecule has 0 bridgehead atoms. The minimum atomic E-state index is -0.540. The molecule has 1 aromatic carbocycles. The molecule has 248 valence electrons. The summed E-state index contributed by atoms with van der Waals surface area (Å²) < 4.78 is 24.4. The van der Waals surface area contributed by atoms with E-state index in [9.17, 15) is 9.59 Å². The molecule has 0 N–H and O–H groups in total. The Morgan fingerprint density at radius 2 is 1.73 bits per heavy atom. The molecule has 0 spiro atoms. The van der Waals surface area contributed by atoms with Crippen LogP contribution in [0.5, 0.6) is 0 Å². The average molecular weight is 626 g/mol. The fourth-order valence-electron chi connectivity index (χ4n) is 5.99. The maximum atomic E-state index is 13.2. The van der Waals surface area contributed by atoms with Gasteiger partial charge in [-0.25, -0.2) is 9.59 Å². The average Bonchev–Trinajstić information content (AvgIpc) is 3.35. The molecule has 11 heteroatoms. The van der Waals surface area contributed by atoms with Crippen LogP contribution in [0.3, 0.4) is 0 Å². The summed E-state index contributed by atoms with van der Waals surface area (Å²) in [6, 6.07) is 9.73. The van der Waals surface area contributed by atoms with Crippen LogP contribution in [0.1, 0.15) is 62.5 Å². The predicted octanol–water partition coefficient (Wildman–Crippen LogP) is 5.18. The van der Waals surface area contributed by atoms with Crippen LogP contribution in [0.2, 0.25) is 0 Å². The molecule has 2 amide bonds. The Labute approximate surface area is 268 Å². The topological polar surface area (TPSA) is 98.6 Å². The van der Waals surface area contributed by atoms with Gasteiger partial charge in [0.15, 0.2) is 0 Å². The zero-order valence-electron chi connectivity index (χ0n) is 28.1. The molecule has 0 radical (unpaired) electrons. The molecule has 2 aliphatic rings. The van der Waals surface area contributed by atoms with E-state index in [2.05, 4.69) is 15.7 Å². The number of likely N-dealkylation sites (N-methyl/N-ethyl adjacent to an activating group) is 2. The van der Waals surface area contributed by atoms with Gasteiger partial charge in [0.1, 0.15) is 12.2 Å². The molecule has 0 saturated heterocycles. The van der Waals surface area contributed by atoms with Crippen LogP contribution in [-0.2, 0) is 45.2 Å². The van der Waals surface area contributed by atoms with Crippen molar-refractivity contribution < 1.29 is 28.5 Å². The molecular weight excluding hydrogens is 574 g/mol. The first kappa shape index (κ1) is 34.5. The highest BCUT2D eigenvalue weighted by Gasteiger charge is 2.36. The summed E-state index contributed by atoms with van der Waals surface area (Å²) in [5, 5.41) is 5.07. The predicted molar refractivity (Wildman–Crippen MR) is 172 cm³/mol. The van der Waals surface area contributed by atoms with E-state index in [1.807, 2.05) is 58.2 Å². The second kappa shape index (κ2) is 15.2. The third-order valence-electron chi connectivity index (χ3n) is 8.39. The maximum Gasteiger partial charge on any atom is 0.410 e. The van der Waals surface area contributed by atoms with Crippen molar-refractivity contribution in [3.63, 3.8) is 0 Å². The molecule has 45 heavy (non-hydrogen) atoms. The van der Waals surface area contributed by atoms with Crippen molar-refractivity contribution in [3.8, 4) is 0 Å². The number of carbonyl (C=O) groups excluding carboxylic acids is 2. The van der Waals surface area contributed by atoms with Crippen LogP contribution < -0.4 is 0 Å². The summed E-state index contributed by atoms with van der Waals surface area (Å²) in [6.07, 6.45) is 4.29. The normalized spacial score (nSPS) is 16.3. The summed E-state index contributed by atoms with van der Waals surface area (Å²) >= 11 is 0. The van der Waals surface area contributed by atoms with E-state index in [1.165, 1.54) is 5.57 Å². The lowest BCUT2D eigenvalue weighted by molar-refractivity contribution is 0.00512. The first-order chi connectivity index (χ1) is 21.4. The van der Waals surface area contributed by atoms with Gasteiger partial charge >= 0.3 is 12.2 Å². The molecule has 2 aromatic rings. The van der Waals surface area contributed by atoms with Gasteiger partial charge in [-0.3, -0.25) is 9.58 Å². The summed E-state index contributed by atoms with van der Waals surface area (Å²) in [7, 11) is 7.28. The maximum absolute atomic E-state index is 13.2. The van der Waals surface area contributed by atoms with E-state index < -0.39 is 5.60 Å². The molecule has 0 atom stereocenters. The Hall–Kier alpha value is -3.41. The van der Waals surface area contributed by atoms with Crippen molar-refractivity contribution in [2.75, 3.05) is 61.2 Å². The molecule has 0 saturated carbocycles. The number of rotatable bonds is 12. The van der Waals surface area contributed by atoms with Gasteiger partial charge in [-0.05, 0) is 58.2 Å². The number of hydrogen-bond acceptors (Lipinski definition) is 8. The van der Waals surface area contributed by atoms with Crippen molar-refractivity contribution >= 4 is 17.8 Å². The number of fused-ring (bicyclic) bond motifs is 1. The lowest BCUT2D eigenvalue weighted by Crippen LogP contribution is -2.39. The first-order valence-electron chi connectivity index (χ1n) is 15.8. The highest BCUT2D eigenvalue weighted by Crippen LogP contribution is 2.41. The van der Waals surface area contributed by atoms with Crippen LogP contribution in [0.25, 0.3) is 5.57 Å². The summed E-state index contributed by atoms with van der Waals surface area (Å²) in [6.45, 7) is 10.4. The highest BCUT2D eigenvalue weighted by molar-refractivity contribution is 5.72. The summed E-state index contributed by atoms with van der Waals surface area (Å²) in [5.74, 6) is 0. The standard InChI is InChI=1S/C34H51N5O6/c1-33(2,3)45-31(40)37(5)18-17-36(4)21-28-30(27-13-15-34(16-14-27,24-42-6)25-43-7)29-22-38(19-20-39(29)35-28)32(41)44-23-26-11-9-8-10-12-26/h8-13H,14-25H2,1-7H3. The number of aromatic nitrogens is 2. The van der Waals surface area contributed by atoms with E-state index in [-0.39, 0.29) is 24.2 Å². The number of nitrogens with zero attached hydrogens (tertiary/aromatic N) is 5. The third kappa shape index (κ3) is 9.31. The van der Waals surface area contributed by atoms with Gasteiger partial charge < -0.3 is 28.7 Å². The molecule has 1 aromatic heterocycles. The lowest BCUT2D eigenvalue weighted by Gasteiger charge is -2.36. The van der Waals surface area contributed by atoms with Gasteiger partial charge in [-0.1, -0.05) is 36.4 Å². The minimum Gasteiger partial charge on any atom is -0.445 e. The molecule has 1 aliphatic heterocycles. The SMILES string of the molecule is COCC1(COC)CC=C(c2c(CN(C)CCN(C)C(=O)OC(C)(C)C)nn3c2CN(C(=O)OCc2ccccc2)CC3)CC1. The quantitative estimate of drug-likeness (QED) is 0.318. The fourth-order valence-corrected chi connectivity index (χ4v) is 5.99. The van der Waals surface area contributed by atoms with Gasteiger partial charge in [0.2, 0.25) is 0 Å². The van der Waals surface area contributed by atoms with Crippen molar-refractivity contribution in [2.24, 2.45) is 5.41 Å². The van der Waals surface area contributed by atoms with E-state index in [0.717, 1.165) is 41.8 Å². The second-order valence-electron chi connectivity index (χ2n) is 13.4. The Balaban J connectivity index is 1.53. The zero-order chi connectivity index (χ0) is 32.6. The molecule has 1 aliphatic carbocycles. The number of allylic oxidation sites excluding steroid dienone is 2. The molecule has 0 unspecified atom stereocenters. The minimum absolute atomic E-state index is 0.0588. The highest BCUT2D eigenvalue weighted by atomic mass is 16.6. The van der Waals surface area contributed by atoms with E-state index in [4.69, 9.17) is 24.0 Å². The number of amides is 2. The Morgan fingerprint density at radius 1 is 1.02 bits per heavy atom. The number of benzene rings is 1. The van der Waals surface area contributed by atoms with Crippen molar-refractivity contribution in [2.45, 2.75) is 71.9 Å². The molecule has 0 fully saturated rings. The number of ether oxygens (including phenoxy) is 4. The summed E-state index contributed by atoms with van der Waals surface area (Å²) in [5.41, 5.74) is 4.73. The van der Waals surface area contributed by atoms with Gasteiger partial charge in [-0.2, -0.15) is 5.10 Å². The van der Waals surface area contributed by atoms with Gasteiger partial charge in [0.25, 0.3) is 0 Å². The van der Waals surface area contributed by atoms with Gasteiger partial charge in [0.05, 0.1) is 37.7 Å². The molecule has 4 rings (SSSR count). The lowest BCUT2D eigenvalue weighted by atomic mass is 9.74. The number of carbonyl (C=O) groups is 2. The zero-order valence-corrected chi connectivity index (χ0v) is 28.1. The number of methoxy groups -OCH3 is 2. The first-order valence-corrected chi connectivity index (χ1v) is 15.8. The van der Waals surface area contributed by atoms with E-state index >= 15 is 0 Å². The monoisotopic (exact) mass is 625 g/mol. The van der Waals surface area contributed by atoms with Crippen LogP contribution >= 0.6 is 0 Å². The molecule has 11 nitrogen and oxygen atoms in total. The smallest absolute Gasteiger partial charge is 0.410 e. The Morgan fingerprint density at radius 3 is 2.36 bits per heavy atom. The van der Waals surface area contributed by atoms with Crippen LogP contribution in [0, 0.1) is 5.41 Å². The third-order valence-corrected chi connectivity index (χ3v) is 8.39. The van der Waals surface area contributed by atoms with E-state index in [1.54, 1.807) is 31.1 Å². The largest absolute Gasteiger partial charge is 0.445 e. The molecular formula is C34H51N5O6. The van der Waals surface area contributed by atoms with Crippen LogP contribution in [0.15, 0.2) is 36.4 Å². The molecule has 2 heterocycles. The van der Waals surface area contributed by atoms with Crippen molar-refractivity contribution in [1.82, 2.24) is 24.5 Å². The second-order valence-corrected chi connectivity index (χ2v) is 13.4. The van der Waals surface area contributed by atoms with Gasteiger partial charge in [0, 0.05) is 58.4 Å². The van der Waals surface area contributed by atoms with Crippen LogP contribution in [-0.4, -0.2) is 103 Å². The summed E-state index contributed by atoms with van der Waals surface area (Å²) in [4.78, 5) is 31.2. The number of hydrogen-bond donors (Lipinski definition) is 0. The van der Waals surface area contributed by atoms with Crippen molar-refractivity contribution in [1.29, 1.82) is 0 Å². The Bertz CT molecular complexity index is 1310. The van der Waals surface area contributed by atoms with Crippen molar-refractivity contribution in [3.05, 3.63) is 58.9 Å². The van der Waals surface area contributed by atoms with E-state index in [0.29, 0.717) is 52.5 Å². The van der Waals surface area contributed by atoms with Crippen LogP contribution in [0.4, 0.5) is 9.59 Å². The Kier molecular flexibility index (Phi) is 11.7. The van der Waals surface area contributed by atoms with Gasteiger partial charge in [-0.15, -0.1) is 0 Å². The fraction of sp³-hybridized carbons (Fsp3) is 0.618.